The van der Waals surface area contributed by atoms with Crippen LogP contribution in [-0.2, 0) is 6.42 Å². The van der Waals surface area contributed by atoms with Gasteiger partial charge in [0.15, 0.2) is 5.43 Å². The van der Waals surface area contributed by atoms with Gasteiger partial charge in [-0.25, -0.2) is 4.79 Å². The second kappa shape index (κ2) is 5.61. The Labute approximate surface area is 129 Å². The average Bonchev–Trinajstić information content (AvgIpc) is 2.47. The van der Waals surface area contributed by atoms with Crippen molar-refractivity contribution in [3.63, 3.8) is 0 Å². The number of hydrogen-bond donors (Lipinski definition) is 2. The summed E-state index contributed by atoms with van der Waals surface area (Å²) in [4.78, 5) is 23.8. The minimum atomic E-state index is -0.961. The lowest BCUT2D eigenvalue weighted by atomic mass is 10.1. The SMILES string of the molecule is O=C(O)c1ccc(Cc2cc(=O)c3ccc(O)cc3s2)cc1. The highest BCUT2D eigenvalue weighted by Crippen LogP contribution is 2.24. The van der Waals surface area contributed by atoms with Gasteiger partial charge in [0.2, 0.25) is 0 Å². The summed E-state index contributed by atoms with van der Waals surface area (Å²) in [6.45, 7) is 0. The van der Waals surface area contributed by atoms with Crippen LogP contribution in [0.3, 0.4) is 0 Å². The van der Waals surface area contributed by atoms with Crippen molar-refractivity contribution >= 4 is 27.4 Å². The van der Waals surface area contributed by atoms with E-state index in [9.17, 15) is 14.7 Å². The van der Waals surface area contributed by atoms with Crippen molar-refractivity contribution in [3.05, 3.63) is 74.8 Å². The van der Waals surface area contributed by atoms with E-state index >= 15 is 0 Å². The molecule has 0 aliphatic carbocycles. The molecule has 0 spiro atoms. The average molecular weight is 312 g/mol. The van der Waals surface area contributed by atoms with Gasteiger partial charge in [0.25, 0.3) is 0 Å². The van der Waals surface area contributed by atoms with Crippen molar-refractivity contribution in [2.45, 2.75) is 6.42 Å². The van der Waals surface area contributed by atoms with Crippen LogP contribution in [0.15, 0.2) is 53.3 Å². The van der Waals surface area contributed by atoms with E-state index < -0.39 is 5.97 Å². The number of benzene rings is 2. The number of phenols is 1. The molecule has 0 fully saturated rings. The van der Waals surface area contributed by atoms with Crippen LogP contribution < -0.4 is 5.43 Å². The van der Waals surface area contributed by atoms with Gasteiger partial charge in [0.1, 0.15) is 5.75 Å². The Morgan fingerprint density at radius 1 is 1.05 bits per heavy atom. The molecular formula is C17H12O4S. The van der Waals surface area contributed by atoms with E-state index in [-0.39, 0.29) is 16.7 Å². The molecule has 0 saturated heterocycles. The number of rotatable bonds is 3. The van der Waals surface area contributed by atoms with Crippen LogP contribution >= 0.6 is 11.3 Å². The summed E-state index contributed by atoms with van der Waals surface area (Å²) in [5.41, 5.74) is 1.09. The van der Waals surface area contributed by atoms with Crippen molar-refractivity contribution < 1.29 is 15.0 Å². The fraction of sp³-hybridized carbons (Fsp3) is 0.0588. The molecule has 0 aliphatic heterocycles. The van der Waals surface area contributed by atoms with Crippen LogP contribution in [-0.4, -0.2) is 16.2 Å². The topological polar surface area (TPSA) is 74.6 Å². The van der Waals surface area contributed by atoms with Crippen molar-refractivity contribution in [2.24, 2.45) is 0 Å². The maximum Gasteiger partial charge on any atom is 0.335 e. The zero-order valence-electron chi connectivity index (χ0n) is 11.4. The fourth-order valence-corrected chi connectivity index (χ4v) is 3.39. The summed E-state index contributed by atoms with van der Waals surface area (Å²) in [6.07, 6.45) is 0.547. The predicted octanol–water partition coefficient (Wildman–Crippen LogP) is 3.26. The molecule has 1 aromatic heterocycles. The van der Waals surface area contributed by atoms with Crippen LogP contribution in [0.2, 0.25) is 0 Å². The number of carboxylic acids is 1. The van der Waals surface area contributed by atoms with E-state index in [4.69, 9.17) is 5.11 Å². The summed E-state index contributed by atoms with van der Waals surface area (Å²) < 4.78 is 0.740. The summed E-state index contributed by atoms with van der Waals surface area (Å²) >= 11 is 1.44. The molecule has 3 aromatic rings. The molecule has 2 N–H and O–H groups in total. The molecule has 4 nitrogen and oxygen atoms in total. The van der Waals surface area contributed by atoms with Crippen LogP contribution in [0.1, 0.15) is 20.8 Å². The highest BCUT2D eigenvalue weighted by Gasteiger charge is 2.06. The minimum absolute atomic E-state index is 0.0779. The van der Waals surface area contributed by atoms with E-state index in [1.165, 1.54) is 17.4 Å². The maximum absolute atomic E-state index is 12.1. The van der Waals surface area contributed by atoms with E-state index in [0.29, 0.717) is 11.8 Å². The van der Waals surface area contributed by atoms with E-state index in [0.717, 1.165) is 15.1 Å². The molecule has 110 valence electrons. The zero-order chi connectivity index (χ0) is 15.7. The first kappa shape index (κ1) is 14.3. The van der Waals surface area contributed by atoms with Crippen molar-refractivity contribution in [2.75, 3.05) is 0 Å². The van der Waals surface area contributed by atoms with Gasteiger partial charge < -0.3 is 10.2 Å². The molecule has 22 heavy (non-hydrogen) atoms. The Bertz CT molecular complexity index is 910. The summed E-state index contributed by atoms with van der Waals surface area (Å²) in [7, 11) is 0. The van der Waals surface area contributed by atoms with Gasteiger partial charge in [-0.15, -0.1) is 11.3 Å². The number of carboxylic acid groups (broad SMARTS) is 1. The van der Waals surface area contributed by atoms with E-state index in [1.54, 1.807) is 42.5 Å². The zero-order valence-corrected chi connectivity index (χ0v) is 12.3. The number of carbonyl (C=O) groups is 1. The number of aromatic carboxylic acids is 1. The molecule has 5 heteroatoms. The Balaban J connectivity index is 1.96. The molecule has 0 unspecified atom stereocenters. The Morgan fingerprint density at radius 3 is 2.45 bits per heavy atom. The normalized spacial score (nSPS) is 10.7. The third-order valence-corrected chi connectivity index (χ3v) is 4.43. The number of phenolic OH excluding ortho intramolecular Hbond substituents is 1. The summed E-state index contributed by atoms with van der Waals surface area (Å²) in [5.74, 6) is -0.830. The maximum atomic E-state index is 12.1. The molecule has 0 atom stereocenters. The van der Waals surface area contributed by atoms with Crippen molar-refractivity contribution in [1.29, 1.82) is 0 Å². The Hall–Kier alpha value is -2.66. The van der Waals surface area contributed by atoms with Gasteiger partial charge in [-0.3, -0.25) is 4.79 Å². The fourth-order valence-electron chi connectivity index (χ4n) is 2.25. The molecule has 0 aliphatic rings. The molecule has 0 radical (unpaired) electrons. The van der Waals surface area contributed by atoms with Crippen LogP contribution in [0.5, 0.6) is 5.75 Å². The molecule has 0 bridgehead atoms. The lowest BCUT2D eigenvalue weighted by Crippen LogP contribution is -2.01. The number of hydrogen-bond acceptors (Lipinski definition) is 4. The van der Waals surface area contributed by atoms with Crippen LogP contribution in [0, 0.1) is 0 Å². The second-order valence-corrected chi connectivity index (χ2v) is 6.10. The van der Waals surface area contributed by atoms with Gasteiger partial charge in [-0.05, 0) is 42.0 Å². The first-order valence-corrected chi connectivity index (χ1v) is 7.42. The lowest BCUT2D eigenvalue weighted by molar-refractivity contribution is 0.0697. The van der Waals surface area contributed by atoms with Gasteiger partial charge in [-0.1, -0.05) is 12.1 Å². The smallest absolute Gasteiger partial charge is 0.335 e. The number of aromatic hydroxyl groups is 1. The van der Waals surface area contributed by atoms with Crippen LogP contribution in [0.25, 0.3) is 10.1 Å². The van der Waals surface area contributed by atoms with E-state index in [1.807, 2.05) is 0 Å². The Kier molecular flexibility index (Phi) is 3.65. The second-order valence-electron chi connectivity index (χ2n) is 4.94. The molecule has 2 aromatic carbocycles. The molecule has 1 heterocycles. The van der Waals surface area contributed by atoms with Crippen molar-refractivity contribution in [3.8, 4) is 5.75 Å². The van der Waals surface area contributed by atoms with E-state index in [2.05, 4.69) is 0 Å². The molecular weight excluding hydrogens is 300 g/mol. The standard InChI is InChI=1S/C17H12O4S/c18-12-5-6-14-15(19)9-13(22-16(14)8-12)7-10-1-3-11(4-2-10)17(20)21/h1-6,8-9,18H,7H2,(H,20,21). The lowest BCUT2D eigenvalue weighted by Gasteiger charge is -2.04. The summed E-state index contributed by atoms with van der Waals surface area (Å²) in [6, 6.07) is 12.9. The van der Waals surface area contributed by atoms with Crippen molar-refractivity contribution in [1.82, 2.24) is 0 Å². The van der Waals surface area contributed by atoms with Gasteiger partial charge in [0.05, 0.1) is 5.56 Å². The molecule has 3 rings (SSSR count). The quantitative estimate of drug-likeness (QED) is 0.778. The molecule has 0 amide bonds. The first-order valence-electron chi connectivity index (χ1n) is 6.61. The van der Waals surface area contributed by atoms with Gasteiger partial charge in [-0.2, -0.15) is 0 Å². The largest absolute Gasteiger partial charge is 0.508 e. The highest BCUT2D eigenvalue weighted by atomic mass is 32.1. The monoisotopic (exact) mass is 312 g/mol. The minimum Gasteiger partial charge on any atom is -0.508 e. The number of fused-ring (bicyclic) bond motifs is 1. The third-order valence-electron chi connectivity index (χ3n) is 3.34. The van der Waals surface area contributed by atoms with Gasteiger partial charge in [0, 0.05) is 21.4 Å². The summed E-state index contributed by atoms with van der Waals surface area (Å²) in [5, 5.41) is 19.0. The van der Waals surface area contributed by atoms with Gasteiger partial charge >= 0.3 is 5.97 Å². The molecule has 0 saturated carbocycles. The third kappa shape index (κ3) is 2.84. The van der Waals surface area contributed by atoms with Crippen LogP contribution in [0.4, 0.5) is 0 Å². The first-order chi connectivity index (χ1) is 10.5. The highest BCUT2D eigenvalue weighted by molar-refractivity contribution is 7.18. The predicted molar refractivity (Wildman–Crippen MR) is 86.0 cm³/mol. The Morgan fingerprint density at radius 2 is 1.77 bits per heavy atom.